The van der Waals surface area contributed by atoms with E-state index in [1.807, 2.05) is 30.3 Å². The fourth-order valence-corrected chi connectivity index (χ4v) is 2.35. The van der Waals surface area contributed by atoms with Gasteiger partial charge in [0.05, 0.1) is 6.04 Å². The van der Waals surface area contributed by atoms with Gasteiger partial charge in [0.15, 0.2) is 0 Å². The van der Waals surface area contributed by atoms with Crippen LogP contribution in [-0.4, -0.2) is 6.54 Å². The molecule has 0 aromatic heterocycles. The molecule has 1 N–H and O–H groups in total. The highest BCUT2D eigenvalue weighted by Gasteiger charge is 2.12. The Labute approximate surface area is 120 Å². The Kier molecular flexibility index (Phi) is 5.75. The lowest BCUT2D eigenvalue weighted by Gasteiger charge is -2.20. The standard InChI is InChI=1S/C18H22FN/c1-2-3-7-14-20-18(15-8-5-4-6-9-15)16-10-12-17(19)13-11-16/h4-6,8-13,18,20H,2-3,7,14H2,1H3. The molecule has 2 aromatic carbocycles. The molecule has 0 saturated heterocycles. The molecule has 0 spiro atoms. The lowest BCUT2D eigenvalue weighted by molar-refractivity contribution is 0.563. The molecule has 0 aliphatic heterocycles. The average Bonchev–Trinajstić information content (AvgIpc) is 2.50. The van der Waals surface area contributed by atoms with Crippen molar-refractivity contribution in [3.8, 4) is 0 Å². The van der Waals surface area contributed by atoms with Crippen molar-refractivity contribution in [2.45, 2.75) is 32.2 Å². The normalized spacial score (nSPS) is 12.3. The Balaban J connectivity index is 2.13. The molecule has 2 aromatic rings. The molecule has 1 unspecified atom stereocenters. The second kappa shape index (κ2) is 7.81. The molecule has 2 heteroatoms. The van der Waals surface area contributed by atoms with E-state index in [-0.39, 0.29) is 11.9 Å². The first kappa shape index (κ1) is 14.7. The van der Waals surface area contributed by atoms with E-state index in [1.165, 1.54) is 37.0 Å². The third-order valence-corrected chi connectivity index (χ3v) is 3.47. The Morgan fingerprint density at radius 3 is 2.20 bits per heavy atom. The molecule has 0 bridgehead atoms. The second-order valence-corrected chi connectivity index (χ2v) is 5.06. The van der Waals surface area contributed by atoms with Crippen LogP contribution in [0, 0.1) is 5.82 Å². The molecule has 0 aliphatic carbocycles. The number of hydrogen-bond donors (Lipinski definition) is 1. The zero-order valence-electron chi connectivity index (χ0n) is 12.0. The van der Waals surface area contributed by atoms with Crippen LogP contribution in [0.5, 0.6) is 0 Å². The maximum atomic E-state index is 13.1. The average molecular weight is 271 g/mol. The number of rotatable bonds is 7. The van der Waals surface area contributed by atoms with Crippen LogP contribution in [-0.2, 0) is 0 Å². The largest absolute Gasteiger partial charge is 0.306 e. The van der Waals surface area contributed by atoms with Crippen molar-refractivity contribution in [2.75, 3.05) is 6.54 Å². The van der Waals surface area contributed by atoms with Gasteiger partial charge >= 0.3 is 0 Å². The van der Waals surface area contributed by atoms with E-state index in [2.05, 4.69) is 24.4 Å². The lowest BCUT2D eigenvalue weighted by atomic mass is 9.98. The van der Waals surface area contributed by atoms with E-state index in [0.29, 0.717) is 0 Å². The van der Waals surface area contributed by atoms with E-state index >= 15 is 0 Å². The summed E-state index contributed by atoms with van der Waals surface area (Å²) in [6.45, 7) is 3.18. The SMILES string of the molecule is CCCCCNC(c1ccccc1)c1ccc(F)cc1. The summed E-state index contributed by atoms with van der Waals surface area (Å²) >= 11 is 0. The van der Waals surface area contributed by atoms with Crippen molar-refractivity contribution in [1.29, 1.82) is 0 Å². The predicted molar refractivity (Wildman–Crippen MR) is 82.2 cm³/mol. The summed E-state index contributed by atoms with van der Waals surface area (Å²) in [4.78, 5) is 0. The van der Waals surface area contributed by atoms with Crippen LogP contribution in [0.1, 0.15) is 43.4 Å². The Hall–Kier alpha value is -1.67. The van der Waals surface area contributed by atoms with Gasteiger partial charge in [-0.05, 0) is 36.2 Å². The summed E-state index contributed by atoms with van der Waals surface area (Å²) < 4.78 is 13.1. The first-order valence-electron chi connectivity index (χ1n) is 7.35. The summed E-state index contributed by atoms with van der Waals surface area (Å²) in [5, 5.41) is 3.58. The van der Waals surface area contributed by atoms with E-state index in [1.54, 1.807) is 0 Å². The molecule has 1 nitrogen and oxygen atoms in total. The van der Waals surface area contributed by atoms with Crippen molar-refractivity contribution in [1.82, 2.24) is 5.32 Å². The van der Waals surface area contributed by atoms with Gasteiger partial charge in [-0.1, -0.05) is 62.2 Å². The summed E-state index contributed by atoms with van der Waals surface area (Å²) in [5.41, 5.74) is 2.32. The van der Waals surface area contributed by atoms with Crippen molar-refractivity contribution in [3.05, 3.63) is 71.5 Å². The highest BCUT2D eigenvalue weighted by Crippen LogP contribution is 2.22. The molecular weight excluding hydrogens is 249 g/mol. The van der Waals surface area contributed by atoms with Crippen molar-refractivity contribution < 1.29 is 4.39 Å². The van der Waals surface area contributed by atoms with Crippen LogP contribution >= 0.6 is 0 Å². The highest BCUT2D eigenvalue weighted by atomic mass is 19.1. The molecule has 0 fully saturated rings. The minimum absolute atomic E-state index is 0.133. The summed E-state index contributed by atoms with van der Waals surface area (Å²) in [7, 11) is 0. The summed E-state index contributed by atoms with van der Waals surface area (Å²) in [6.07, 6.45) is 3.62. The van der Waals surface area contributed by atoms with Gasteiger partial charge in [0.1, 0.15) is 5.82 Å². The van der Waals surface area contributed by atoms with Gasteiger partial charge in [0.2, 0.25) is 0 Å². The van der Waals surface area contributed by atoms with Crippen LogP contribution in [0.2, 0.25) is 0 Å². The Morgan fingerprint density at radius 1 is 0.900 bits per heavy atom. The zero-order chi connectivity index (χ0) is 14.2. The zero-order valence-corrected chi connectivity index (χ0v) is 12.0. The van der Waals surface area contributed by atoms with E-state index < -0.39 is 0 Å². The van der Waals surface area contributed by atoms with Crippen molar-refractivity contribution in [2.24, 2.45) is 0 Å². The Bertz CT molecular complexity index is 493. The van der Waals surface area contributed by atoms with Crippen molar-refractivity contribution >= 4 is 0 Å². The fraction of sp³-hybridized carbons (Fsp3) is 0.333. The van der Waals surface area contributed by atoms with Gasteiger partial charge in [0.25, 0.3) is 0 Å². The third kappa shape index (κ3) is 4.17. The molecular formula is C18H22FN. The quantitative estimate of drug-likeness (QED) is 0.720. The predicted octanol–water partition coefficient (Wildman–Crippen LogP) is 4.69. The maximum absolute atomic E-state index is 13.1. The number of hydrogen-bond acceptors (Lipinski definition) is 1. The van der Waals surface area contributed by atoms with Gasteiger partial charge in [-0.15, -0.1) is 0 Å². The lowest BCUT2D eigenvalue weighted by Crippen LogP contribution is -2.23. The summed E-state index contributed by atoms with van der Waals surface area (Å²) in [5.74, 6) is -0.188. The number of halogens is 1. The molecule has 1 atom stereocenters. The van der Waals surface area contributed by atoms with Crippen LogP contribution in [0.25, 0.3) is 0 Å². The maximum Gasteiger partial charge on any atom is 0.123 e. The third-order valence-electron chi connectivity index (χ3n) is 3.47. The van der Waals surface area contributed by atoms with Gasteiger partial charge in [-0.3, -0.25) is 0 Å². The summed E-state index contributed by atoms with van der Waals surface area (Å²) in [6, 6.07) is 17.2. The smallest absolute Gasteiger partial charge is 0.123 e. The van der Waals surface area contributed by atoms with Crippen molar-refractivity contribution in [3.63, 3.8) is 0 Å². The molecule has 0 saturated carbocycles. The molecule has 2 rings (SSSR count). The first-order valence-corrected chi connectivity index (χ1v) is 7.35. The monoisotopic (exact) mass is 271 g/mol. The van der Waals surface area contributed by atoms with Gasteiger partial charge < -0.3 is 5.32 Å². The van der Waals surface area contributed by atoms with Crippen LogP contribution in [0.15, 0.2) is 54.6 Å². The fourth-order valence-electron chi connectivity index (χ4n) is 2.35. The first-order chi connectivity index (χ1) is 9.81. The van der Waals surface area contributed by atoms with Gasteiger partial charge in [-0.2, -0.15) is 0 Å². The van der Waals surface area contributed by atoms with Crippen LogP contribution < -0.4 is 5.32 Å². The molecule has 0 heterocycles. The molecule has 0 radical (unpaired) electrons. The molecule has 0 aliphatic rings. The Morgan fingerprint density at radius 2 is 1.55 bits per heavy atom. The number of nitrogens with one attached hydrogen (secondary N) is 1. The van der Waals surface area contributed by atoms with Gasteiger partial charge in [-0.25, -0.2) is 4.39 Å². The molecule has 20 heavy (non-hydrogen) atoms. The minimum Gasteiger partial charge on any atom is -0.306 e. The van der Waals surface area contributed by atoms with E-state index in [9.17, 15) is 4.39 Å². The van der Waals surface area contributed by atoms with Crippen LogP contribution in [0.3, 0.4) is 0 Å². The van der Waals surface area contributed by atoms with E-state index in [4.69, 9.17) is 0 Å². The minimum atomic E-state index is -0.188. The van der Waals surface area contributed by atoms with E-state index in [0.717, 1.165) is 12.1 Å². The van der Waals surface area contributed by atoms with Gasteiger partial charge in [0, 0.05) is 0 Å². The highest BCUT2D eigenvalue weighted by molar-refractivity contribution is 5.31. The number of unbranched alkanes of at least 4 members (excludes halogenated alkanes) is 2. The number of benzene rings is 2. The molecule has 106 valence electrons. The molecule has 0 amide bonds. The van der Waals surface area contributed by atoms with Crippen LogP contribution in [0.4, 0.5) is 4.39 Å². The second-order valence-electron chi connectivity index (χ2n) is 5.06. The topological polar surface area (TPSA) is 12.0 Å².